The average molecular weight is 469 g/mol. The third-order valence-electron chi connectivity index (χ3n) is 5.81. The lowest BCUT2D eigenvalue weighted by Gasteiger charge is -2.22. The molecule has 0 saturated carbocycles. The summed E-state index contributed by atoms with van der Waals surface area (Å²) in [4.78, 5) is 19.4. The largest absolute Gasteiger partial charge is 0.439 e. The first-order valence-electron chi connectivity index (χ1n) is 11.2. The standard InChI is InChI=1S/C29H22F2N2O2/c1-19-7-14-27-26(15-19)32-28(35-27)18-33(17-23-16-24(30)12-13-25(23)31)29(34)22-10-8-21(9-11-22)20-5-3-2-4-6-20/h2-16H,17-18H2,1H3. The van der Waals surface area contributed by atoms with Crippen LogP contribution in [0.4, 0.5) is 8.78 Å². The van der Waals surface area contributed by atoms with Gasteiger partial charge in [0.25, 0.3) is 5.91 Å². The van der Waals surface area contributed by atoms with Crippen molar-refractivity contribution in [2.75, 3.05) is 0 Å². The molecule has 0 spiro atoms. The predicted octanol–water partition coefficient (Wildman–Crippen LogP) is 6.92. The smallest absolute Gasteiger partial charge is 0.254 e. The second kappa shape index (κ2) is 9.50. The molecule has 0 unspecified atom stereocenters. The molecule has 1 heterocycles. The molecule has 6 heteroatoms. The minimum atomic E-state index is -0.586. The molecule has 4 aromatic carbocycles. The third kappa shape index (κ3) is 4.96. The molecule has 0 N–H and O–H groups in total. The summed E-state index contributed by atoms with van der Waals surface area (Å²) in [5, 5.41) is 0. The highest BCUT2D eigenvalue weighted by Crippen LogP contribution is 2.23. The lowest BCUT2D eigenvalue weighted by molar-refractivity contribution is 0.0713. The minimum Gasteiger partial charge on any atom is -0.439 e. The van der Waals surface area contributed by atoms with Crippen LogP contribution in [0.25, 0.3) is 22.2 Å². The Hall–Kier alpha value is -4.32. The summed E-state index contributed by atoms with van der Waals surface area (Å²) in [6.07, 6.45) is 0. The highest BCUT2D eigenvalue weighted by atomic mass is 19.1. The van der Waals surface area contributed by atoms with Crippen molar-refractivity contribution in [1.29, 1.82) is 0 Å². The Balaban J connectivity index is 1.46. The number of benzene rings is 4. The fourth-order valence-corrected chi connectivity index (χ4v) is 4.00. The summed E-state index contributed by atoms with van der Waals surface area (Å²) in [6, 6.07) is 25.9. The average Bonchev–Trinajstić information content (AvgIpc) is 3.27. The second-order valence-electron chi connectivity index (χ2n) is 8.42. The maximum absolute atomic E-state index is 14.4. The molecule has 1 amide bonds. The molecule has 0 saturated heterocycles. The number of carbonyl (C=O) groups excluding carboxylic acids is 1. The summed E-state index contributed by atoms with van der Waals surface area (Å²) in [7, 11) is 0. The third-order valence-corrected chi connectivity index (χ3v) is 5.81. The van der Waals surface area contributed by atoms with Crippen molar-refractivity contribution in [1.82, 2.24) is 9.88 Å². The van der Waals surface area contributed by atoms with Gasteiger partial charge in [-0.25, -0.2) is 13.8 Å². The molecule has 0 aliphatic heterocycles. The Bertz CT molecular complexity index is 1490. The highest BCUT2D eigenvalue weighted by Gasteiger charge is 2.21. The van der Waals surface area contributed by atoms with Crippen LogP contribution in [0.15, 0.2) is 95.4 Å². The molecule has 0 aliphatic carbocycles. The van der Waals surface area contributed by atoms with Crippen LogP contribution in [0.2, 0.25) is 0 Å². The SMILES string of the molecule is Cc1ccc2oc(CN(Cc3cc(F)ccc3F)C(=O)c3ccc(-c4ccccc4)cc3)nc2c1. The van der Waals surface area contributed by atoms with Crippen molar-refractivity contribution >= 4 is 17.0 Å². The predicted molar refractivity (Wildman–Crippen MR) is 131 cm³/mol. The summed E-state index contributed by atoms with van der Waals surface area (Å²) in [6.45, 7) is 1.82. The quantitative estimate of drug-likeness (QED) is 0.272. The van der Waals surface area contributed by atoms with Crippen LogP contribution in [0, 0.1) is 18.6 Å². The van der Waals surface area contributed by atoms with Crippen LogP contribution >= 0.6 is 0 Å². The van der Waals surface area contributed by atoms with Crippen LogP contribution in [0.3, 0.4) is 0 Å². The monoisotopic (exact) mass is 468 g/mol. The number of fused-ring (bicyclic) bond motifs is 1. The van der Waals surface area contributed by atoms with Gasteiger partial charge in [0.2, 0.25) is 5.89 Å². The maximum Gasteiger partial charge on any atom is 0.254 e. The Labute approximate surface area is 201 Å². The zero-order valence-electron chi connectivity index (χ0n) is 19.0. The van der Waals surface area contributed by atoms with Crippen LogP contribution in [0.5, 0.6) is 0 Å². The first-order chi connectivity index (χ1) is 17.0. The number of rotatable bonds is 6. The maximum atomic E-state index is 14.4. The normalized spacial score (nSPS) is 11.1. The van der Waals surface area contributed by atoms with Gasteiger partial charge >= 0.3 is 0 Å². The van der Waals surface area contributed by atoms with E-state index in [0.717, 1.165) is 34.9 Å². The molecule has 1 aromatic heterocycles. The highest BCUT2D eigenvalue weighted by molar-refractivity contribution is 5.94. The van der Waals surface area contributed by atoms with Gasteiger partial charge in [-0.15, -0.1) is 0 Å². The molecule has 5 aromatic rings. The molecule has 174 valence electrons. The lowest BCUT2D eigenvalue weighted by Crippen LogP contribution is -2.30. The summed E-state index contributed by atoms with van der Waals surface area (Å²) in [5.74, 6) is -1.18. The molecular formula is C29H22F2N2O2. The van der Waals surface area contributed by atoms with Crippen LogP contribution in [-0.4, -0.2) is 15.8 Å². The van der Waals surface area contributed by atoms with Gasteiger partial charge in [0.05, 0.1) is 6.54 Å². The van der Waals surface area contributed by atoms with E-state index in [2.05, 4.69) is 4.98 Å². The number of aryl methyl sites for hydroxylation is 1. The molecule has 4 nitrogen and oxygen atoms in total. The van der Waals surface area contributed by atoms with Crippen molar-refractivity contribution in [2.45, 2.75) is 20.0 Å². The van der Waals surface area contributed by atoms with Gasteiger partial charge < -0.3 is 9.32 Å². The number of amides is 1. The van der Waals surface area contributed by atoms with E-state index >= 15 is 0 Å². The molecule has 0 aliphatic rings. The van der Waals surface area contributed by atoms with Crippen LogP contribution in [-0.2, 0) is 13.1 Å². The molecule has 0 atom stereocenters. The van der Waals surface area contributed by atoms with Gasteiger partial charge in [0.15, 0.2) is 5.58 Å². The van der Waals surface area contributed by atoms with E-state index < -0.39 is 11.6 Å². The number of hydrogen-bond donors (Lipinski definition) is 0. The van der Waals surface area contributed by atoms with Gasteiger partial charge in [-0.05, 0) is 66.1 Å². The Morgan fingerprint density at radius 3 is 2.37 bits per heavy atom. The van der Waals surface area contributed by atoms with E-state index in [1.165, 1.54) is 4.90 Å². The zero-order chi connectivity index (χ0) is 24.4. The summed E-state index contributed by atoms with van der Waals surface area (Å²) in [5.41, 5.74) is 4.81. The van der Waals surface area contributed by atoms with Gasteiger partial charge in [-0.3, -0.25) is 4.79 Å². The van der Waals surface area contributed by atoms with E-state index in [1.807, 2.05) is 67.6 Å². The number of nitrogens with zero attached hydrogens (tertiary/aromatic N) is 2. The first-order valence-corrected chi connectivity index (χ1v) is 11.2. The minimum absolute atomic E-state index is 0.00293. The fourth-order valence-electron chi connectivity index (χ4n) is 4.00. The van der Waals surface area contributed by atoms with Gasteiger partial charge in [0.1, 0.15) is 17.2 Å². The van der Waals surface area contributed by atoms with Crippen LogP contribution in [0.1, 0.15) is 27.4 Å². The Morgan fingerprint density at radius 2 is 1.60 bits per heavy atom. The Morgan fingerprint density at radius 1 is 0.857 bits per heavy atom. The van der Waals surface area contributed by atoms with Gasteiger partial charge in [0, 0.05) is 17.7 Å². The molecular weight excluding hydrogens is 446 g/mol. The molecule has 0 radical (unpaired) electrons. The zero-order valence-corrected chi connectivity index (χ0v) is 19.0. The number of oxazole rings is 1. The molecule has 0 bridgehead atoms. The van der Waals surface area contributed by atoms with Gasteiger partial charge in [-0.2, -0.15) is 0 Å². The first kappa shape index (κ1) is 22.5. The lowest BCUT2D eigenvalue weighted by atomic mass is 10.0. The van der Waals surface area contributed by atoms with Gasteiger partial charge in [-0.1, -0.05) is 48.5 Å². The van der Waals surface area contributed by atoms with E-state index in [4.69, 9.17) is 4.42 Å². The van der Waals surface area contributed by atoms with Crippen molar-refractivity contribution < 1.29 is 18.0 Å². The topological polar surface area (TPSA) is 46.3 Å². The Kier molecular flexibility index (Phi) is 6.10. The number of carbonyl (C=O) groups is 1. The molecule has 0 fully saturated rings. The number of aromatic nitrogens is 1. The van der Waals surface area contributed by atoms with E-state index in [1.54, 1.807) is 12.1 Å². The van der Waals surface area contributed by atoms with Crippen molar-refractivity contribution in [2.24, 2.45) is 0 Å². The van der Waals surface area contributed by atoms with E-state index in [9.17, 15) is 13.6 Å². The number of hydrogen-bond acceptors (Lipinski definition) is 3. The second-order valence-corrected chi connectivity index (χ2v) is 8.42. The fraction of sp³-hybridized carbons (Fsp3) is 0.103. The van der Waals surface area contributed by atoms with E-state index in [-0.39, 0.29) is 24.6 Å². The van der Waals surface area contributed by atoms with Crippen molar-refractivity contribution in [3.05, 3.63) is 125 Å². The number of halogens is 2. The summed E-state index contributed by atoms with van der Waals surface area (Å²) < 4.78 is 34.1. The van der Waals surface area contributed by atoms with E-state index in [0.29, 0.717) is 22.6 Å². The molecule has 5 rings (SSSR count). The van der Waals surface area contributed by atoms with Crippen LogP contribution < -0.4 is 0 Å². The van der Waals surface area contributed by atoms with Crippen molar-refractivity contribution in [3.63, 3.8) is 0 Å². The molecule has 35 heavy (non-hydrogen) atoms. The summed E-state index contributed by atoms with van der Waals surface area (Å²) >= 11 is 0. The van der Waals surface area contributed by atoms with Crippen molar-refractivity contribution in [3.8, 4) is 11.1 Å².